The van der Waals surface area contributed by atoms with Crippen LogP contribution in [-0.4, -0.2) is 42.4 Å². The van der Waals surface area contributed by atoms with Gasteiger partial charge in [-0.3, -0.25) is 4.79 Å². The van der Waals surface area contributed by atoms with Crippen molar-refractivity contribution in [2.45, 2.75) is 6.42 Å². The summed E-state index contributed by atoms with van der Waals surface area (Å²) in [5.41, 5.74) is 0.635. The van der Waals surface area contributed by atoms with Crippen LogP contribution in [0.5, 0.6) is 0 Å². The molecule has 0 atom stereocenters. The molecule has 114 valence electrons. The second-order valence-electron chi connectivity index (χ2n) is 4.20. The number of carboxylic acid groups (broad SMARTS) is 1. The molecule has 0 aliphatic carbocycles. The Labute approximate surface area is 130 Å². The molecule has 2 N–H and O–H groups in total. The van der Waals surface area contributed by atoms with E-state index in [1.165, 1.54) is 7.05 Å². The SMILES string of the molecule is CN(CCC(=O)O)S(=O)(=O)Nc1nc2ccc(Cl)cc2s1. The molecule has 10 heteroatoms. The third-order valence-corrected chi connectivity index (χ3v) is 5.37. The Morgan fingerprint density at radius 2 is 2.24 bits per heavy atom. The fourth-order valence-electron chi connectivity index (χ4n) is 1.50. The molecule has 0 aliphatic rings. The molecule has 1 aromatic carbocycles. The van der Waals surface area contributed by atoms with Gasteiger partial charge in [-0.25, -0.2) is 9.71 Å². The van der Waals surface area contributed by atoms with Crippen LogP contribution in [0.4, 0.5) is 5.13 Å². The average Bonchev–Trinajstić information content (AvgIpc) is 2.76. The van der Waals surface area contributed by atoms with Gasteiger partial charge < -0.3 is 5.11 Å². The number of thiazole rings is 1. The van der Waals surface area contributed by atoms with E-state index in [-0.39, 0.29) is 18.1 Å². The summed E-state index contributed by atoms with van der Waals surface area (Å²) < 4.78 is 28.0. The van der Waals surface area contributed by atoms with E-state index in [1.807, 2.05) is 0 Å². The molecule has 0 saturated carbocycles. The molecule has 21 heavy (non-hydrogen) atoms. The number of carbonyl (C=O) groups is 1. The highest BCUT2D eigenvalue weighted by atomic mass is 35.5. The van der Waals surface area contributed by atoms with Crippen molar-refractivity contribution < 1.29 is 18.3 Å². The van der Waals surface area contributed by atoms with Gasteiger partial charge in [-0.15, -0.1) is 0 Å². The van der Waals surface area contributed by atoms with Crippen molar-refractivity contribution in [3.8, 4) is 0 Å². The molecule has 0 radical (unpaired) electrons. The lowest BCUT2D eigenvalue weighted by Gasteiger charge is -2.15. The lowest BCUT2D eigenvalue weighted by molar-refractivity contribution is -0.137. The number of aliphatic carboxylic acids is 1. The number of hydrogen-bond donors (Lipinski definition) is 2. The zero-order valence-corrected chi connectivity index (χ0v) is 13.3. The van der Waals surface area contributed by atoms with Crippen molar-refractivity contribution in [2.24, 2.45) is 0 Å². The molecule has 0 saturated heterocycles. The van der Waals surface area contributed by atoms with E-state index in [4.69, 9.17) is 16.7 Å². The summed E-state index contributed by atoms with van der Waals surface area (Å²) in [6.07, 6.45) is -0.271. The predicted octanol–water partition coefficient (Wildman–Crippen LogP) is 2.01. The molecule has 0 spiro atoms. The van der Waals surface area contributed by atoms with Gasteiger partial charge in [-0.05, 0) is 18.2 Å². The number of halogens is 1. The Balaban J connectivity index is 2.16. The minimum atomic E-state index is -3.83. The lowest BCUT2D eigenvalue weighted by atomic mass is 10.3. The van der Waals surface area contributed by atoms with Gasteiger partial charge in [0.05, 0.1) is 16.6 Å². The Morgan fingerprint density at radius 1 is 1.52 bits per heavy atom. The highest BCUT2D eigenvalue weighted by Gasteiger charge is 2.20. The second kappa shape index (κ2) is 6.14. The second-order valence-corrected chi connectivity index (χ2v) is 7.45. The molecule has 1 aromatic heterocycles. The number of rotatable bonds is 6. The lowest BCUT2D eigenvalue weighted by Crippen LogP contribution is -2.34. The van der Waals surface area contributed by atoms with E-state index in [0.29, 0.717) is 10.5 Å². The first-order chi connectivity index (χ1) is 9.78. The smallest absolute Gasteiger partial charge is 0.304 e. The molecular formula is C11H12ClN3O4S2. The summed E-state index contributed by atoms with van der Waals surface area (Å²) in [5, 5.41) is 9.32. The van der Waals surface area contributed by atoms with Crippen molar-refractivity contribution >= 4 is 54.5 Å². The summed E-state index contributed by atoms with van der Waals surface area (Å²) in [6.45, 7) is -0.124. The number of benzene rings is 1. The van der Waals surface area contributed by atoms with Gasteiger partial charge in [0.1, 0.15) is 0 Å². The number of hydrogen-bond acceptors (Lipinski definition) is 5. The van der Waals surface area contributed by atoms with Gasteiger partial charge in [-0.2, -0.15) is 12.7 Å². The molecule has 0 amide bonds. The number of nitrogens with zero attached hydrogens (tertiary/aromatic N) is 2. The van der Waals surface area contributed by atoms with Crippen LogP contribution in [0.1, 0.15) is 6.42 Å². The van der Waals surface area contributed by atoms with Crippen molar-refractivity contribution in [3.63, 3.8) is 0 Å². The summed E-state index contributed by atoms with van der Waals surface area (Å²) >= 11 is 7.01. The van der Waals surface area contributed by atoms with Crippen LogP contribution in [0.3, 0.4) is 0 Å². The van der Waals surface area contributed by atoms with Crippen LogP contribution in [0.2, 0.25) is 5.02 Å². The first kappa shape index (κ1) is 16.0. The molecule has 0 fully saturated rings. The van der Waals surface area contributed by atoms with Crippen molar-refractivity contribution in [1.29, 1.82) is 0 Å². The maximum atomic E-state index is 12.0. The maximum absolute atomic E-state index is 12.0. The van der Waals surface area contributed by atoms with Gasteiger partial charge in [0.25, 0.3) is 0 Å². The fourth-order valence-corrected chi connectivity index (χ4v) is 3.73. The van der Waals surface area contributed by atoms with Crippen molar-refractivity contribution in [2.75, 3.05) is 18.3 Å². The highest BCUT2D eigenvalue weighted by molar-refractivity contribution is 7.90. The summed E-state index contributed by atoms with van der Waals surface area (Å²) in [4.78, 5) is 14.6. The zero-order chi connectivity index (χ0) is 15.6. The standard InChI is InChI=1S/C11H12ClN3O4S2/c1-15(5-4-10(16)17)21(18,19)14-11-13-8-3-2-7(12)6-9(8)20-11/h2-3,6H,4-5H2,1H3,(H,13,14)(H,16,17). The number of anilines is 1. The van der Waals surface area contributed by atoms with E-state index in [9.17, 15) is 13.2 Å². The Hall–Kier alpha value is -1.42. The average molecular weight is 350 g/mol. The number of aromatic nitrogens is 1. The van der Waals surface area contributed by atoms with Gasteiger partial charge in [0, 0.05) is 18.6 Å². The predicted molar refractivity (Wildman–Crippen MR) is 82.1 cm³/mol. The van der Waals surface area contributed by atoms with Crippen LogP contribution in [0, 0.1) is 0 Å². The monoisotopic (exact) mass is 349 g/mol. The van der Waals surface area contributed by atoms with Gasteiger partial charge >= 0.3 is 16.2 Å². The van der Waals surface area contributed by atoms with E-state index in [0.717, 1.165) is 20.3 Å². The first-order valence-electron chi connectivity index (χ1n) is 5.80. The zero-order valence-electron chi connectivity index (χ0n) is 10.9. The Kier molecular flexibility index (Phi) is 4.67. The quantitative estimate of drug-likeness (QED) is 0.831. The van der Waals surface area contributed by atoms with E-state index in [1.54, 1.807) is 18.2 Å². The van der Waals surface area contributed by atoms with E-state index >= 15 is 0 Å². The molecule has 0 unspecified atom stereocenters. The van der Waals surface area contributed by atoms with Crippen LogP contribution < -0.4 is 4.72 Å². The van der Waals surface area contributed by atoms with Crippen LogP contribution in [-0.2, 0) is 15.0 Å². The van der Waals surface area contributed by atoms with Gasteiger partial charge in [-0.1, -0.05) is 22.9 Å². The van der Waals surface area contributed by atoms with Gasteiger partial charge in [0.15, 0.2) is 5.13 Å². The highest BCUT2D eigenvalue weighted by Crippen LogP contribution is 2.29. The number of fused-ring (bicyclic) bond motifs is 1. The first-order valence-corrected chi connectivity index (χ1v) is 8.43. The van der Waals surface area contributed by atoms with Crippen molar-refractivity contribution in [1.82, 2.24) is 9.29 Å². The topological polar surface area (TPSA) is 99.6 Å². The van der Waals surface area contributed by atoms with Crippen LogP contribution in [0.15, 0.2) is 18.2 Å². The Bertz CT molecular complexity index is 775. The molecule has 0 aliphatic heterocycles. The normalized spacial score (nSPS) is 12.0. The molecule has 2 aromatic rings. The number of carboxylic acids is 1. The fraction of sp³-hybridized carbons (Fsp3) is 0.273. The molecule has 1 heterocycles. The van der Waals surface area contributed by atoms with Crippen LogP contribution >= 0.6 is 22.9 Å². The Morgan fingerprint density at radius 3 is 2.90 bits per heavy atom. The molecular weight excluding hydrogens is 338 g/mol. The number of nitrogens with one attached hydrogen (secondary N) is 1. The summed E-state index contributed by atoms with van der Waals surface area (Å²) in [7, 11) is -2.53. The van der Waals surface area contributed by atoms with Crippen LogP contribution in [0.25, 0.3) is 10.2 Å². The molecule has 2 rings (SSSR count). The molecule has 7 nitrogen and oxygen atoms in total. The molecule has 0 bridgehead atoms. The minimum absolute atomic E-state index is 0.124. The maximum Gasteiger partial charge on any atom is 0.304 e. The van der Waals surface area contributed by atoms with Crippen molar-refractivity contribution in [3.05, 3.63) is 23.2 Å². The van der Waals surface area contributed by atoms with E-state index < -0.39 is 16.2 Å². The summed E-state index contributed by atoms with van der Waals surface area (Å²) in [5.74, 6) is -1.06. The largest absolute Gasteiger partial charge is 0.481 e. The van der Waals surface area contributed by atoms with Gasteiger partial charge in [0.2, 0.25) is 0 Å². The van der Waals surface area contributed by atoms with E-state index in [2.05, 4.69) is 9.71 Å². The third-order valence-electron chi connectivity index (χ3n) is 2.62. The minimum Gasteiger partial charge on any atom is -0.481 e. The third kappa shape index (κ3) is 4.03. The summed E-state index contributed by atoms with van der Waals surface area (Å²) in [6, 6.07) is 5.06.